The van der Waals surface area contributed by atoms with E-state index in [1.54, 1.807) is 31.5 Å². The van der Waals surface area contributed by atoms with Gasteiger partial charge in [0.05, 0.1) is 12.8 Å². The smallest absolute Gasteiger partial charge is 0.274 e. The summed E-state index contributed by atoms with van der Waals surface area (Å²) in [6, 6.07) is 18.7. The molecule has 0 saturated carbocycles. The second-order valence-corrected chi connectivity index (χ2v) is 5.26. The molecule has 0 saturated heterocycles. The van der Waals surface area contributed by atoms with Crippen molar-refractivity contribution in [2.24, 2.45) is 0 Å². The first-order valence-corrected chi connectivity index (χ1v) is 7.81. The van der Waals surface area contributed by atoms with Gasteiger partial charge in [0.25, 0.3) is 5.91 Å². The van der Waals surface area contributed by atoms with Gasteiger partial charge in [-0.1, -0.05) is 42.5 Å². The van der Waals surface area contributed by atoms with Crippen molar-refractivity contribution >= 4 is 17.5 Å². The predicted octanol–water partition coefficient (Wildman–Crippen LogP) is 3.35. The van der Waals surface area contributed by atoms with E-state index in [-0.39, 0.29) is 11.6 Å². The molecule has 126 valence electrons. The number of carbonyl (C=O) groups is 1. The molecule has 0 aliphatic heterocycles. The van der Waals surface area contributed by atoms with Gasteiger partial charge in [-0.15, -0.1) is 0 Å². The third-order valence-corrected chi connectivity index (χ3v) is 3.54. The van der Waals surface area contributed by atoms with Crippen molar-refractivity contribution in [1.82, 2.24) is 9.97 Å². The molecule has 1 amide bonds. The van der Waals surface area contributed by atoms with E-state index in [4.69, 9.17) is 4.74 Å². The molecule has 6 heteroatoms. The Bertz CT molecular complexity index is 853. The predicted molar refractivity (Wildman–Crippen MR) is 96.7 cm³/mol. The minimum absolute atomic E-state index is 0.275. The maximum absolute atomic E-state index is 12.4. The molecule has 25 heavy (non-hydrogen) atoms. The van der Waals surface area contributed by atoms with Crippen molar-refractivity contribution in [2.75, 3.05) is 17.7 Å². The summed E-state index contributed by atoms with van der Waals surface area (Å²) in [6.45, 7) is 0.582. The minimum atomic E-state index is -0.324. The Morgan fingerprint density at radius 3 is 2.60 bits per heavy atom. The van der Waals surface area contributed by atoms with Crippen molar-refractivity contribution in [3.05, 3.63) is 78.1 Å². The normalized spacial score (nSPS) is 10.1. The standard InChI is InChI=1S/C19H18N4O2/c1-25-17-10-6-5-9-15(17)22-18(24)16-11-12-20-19(23-16)21-13-14-7-3-2-4-8-14/h2-12H,13H2,1H3,(H,22,24)(H,20,21,23). The zero-order valence-electron chi connectivity index (χ0n) is 13.8. The number of hydrogen-bond donors (Lipinski definition) is 2. The second kappa shape index (κ2) is 7.92. The summed E-state index contributed by atoms with van der Waals surface area (Å²) in [5.41, 5.74) is 1.97. The van der Waals surface area contributed by atoms with Crippen molar-refractivity contribution < 1.29 is 9.53 Å². The summed E-state index contributed by atoms with van der Waals surface area (Å²) in [5, 5.41) is 5.91. The number of nitrogens with one attached hydrogen (secondary N) is 2. The van der Waals surface area contributed by atoms with Crippen LogP contribution >= 0.6 is 0 Å². The van der Waals surface area contributed by atoms with Crippen molar-refractivity contribution in [1.29, 1.82) is 0 Å². The number of hydrogen-bond acceptors (Lipinski definition) is 5. The van der Waals surface area contributed by atoms with Gasteiger partial charge in [0.1, 0.15) is 11.4 Å². The highest BCUT2D eigenvalue weighted by Crippen LogP contribution is 2.23. The fourth-order valence-corrected chi connectivity index (χ4v) is 2.28. The van der Waals surface area contributed by atoms with Crippen LogP contribution < -0.4 is 15.4 Å². The fourth-order valence-electron chi connectivity index (χ4n) is 2.28. The molecule has 0 fully saturated rings. The summed E-state index contributed by atoms with van der Waals surface area (Å²) >= 11 is 0. The second-order valence-electron chi connectivity index (χ2n) is 5.26. The van der Waals surface area contributed by atoms with Crippen LogP contribution in [-0.2, 0) is 6.54 Å². The molecule has 3 rings (SSSR count). The van der Waals surface area contributed by atoms with Crippen LogP contribution in [0.25, 0.3) is 0 Å². The van der Waals surface area contributed by atoms with Gasteiger partial charge in [0.15, 0.2) is 0 Å². The van der Waals surface area contributed by atoms with E-state index in [1.165, 1.54) is 0 Å². The molecule has 0 aliphatic rings. The molecule has 0 radical (unpaired) electrons. The SMILES string of the molecule is COc1ccccc1NC(=O)c1ccnc(NCc2ccccc2)n1. The molecule has 0 bridgehead atoms. The van der Waals surface area contributed by atoms with Crippen LogP contribution in [0.15, 0.2) is 66.9 Å². The quantitative estimate of drug-likeness (QED) is 0.723. The van der Waals surface area contributed by atoms with Crippen molar-refractivity contribution in [3.63, 3.8) is 0 Å². The highest BCUT2D eigenvalue weighted by molar-refractivity contribution is 6.03. The number of anilines is 2. The summed E-state index contributed by atoms with van der Waals surface area (Å²) in [4.78, 5) is 20.8. The number of aromatic nitrogens is 2. The van der Waals surface area contributed by atoms with Gasteiger partial charge in [-0.25, -0.2) is 9.97 Å². The molecule has 0 atom stereocenters. The summed E-state index contributed by atoms with van der Waals surface area (Å²) in [5.74, 6) is 0.665. The van der Waals surface area contributed by atoms with Gasteiger partial charge in [0, 0.05) is 12.7 Å². The lowest BCUT2D eigenvalue weighted by atomic mass is 10.2. The lowest BCUT2D eigenvalue weighted by molar-refractivity contribution is 0.102. The first-order chi connectivity index (χ1) is 12.3. The molecular formula is C19H18N4O2. The molecule has 0 unspecified atom stereocenters. The Hall–Kier alpha value is -3.41. The minimum Gasteiger partial charge on any atom is -0.495 e. The molecule has 2 N–H and O–H groups in total. The number of methoxy groups -OCH3 is 1. The maximum atomic E-state index is 12.4. The van der Waals surface area contributed by atoms with E-state index >= 15 is 0 Å². The van der Waals surface area contributed by atoms with Gasteiger partial charge in [-0.05, 0) is 23.8 Å². The average Bonchev–Trinajstić information content (AvgIpc) is 2.68. The number of carbonyl (C=O) groups excluding carboxylic acids is 1. The molecule has 2 aromatic carbocycles. The first-order valence-electron chi connectivity index (χ1n) is 7.81. The van der Waals surface area contributed by atoms with E-state index in [0.29, 0.717) is 23.9 Å². The van der Waals surface area contributed by atoms with Crippen LogP contribution in [0.4, 0.5) is 11.6 Å². The molecule has 1 aromatic heterocycles. The van der Waals surface area contributed by atoms with Gasteiger partial charge < -0.3 is 15.4 Å². The van der Waals surface area contributed by atoms with Crippen LogP contribution in [0, 0.1) is 0 Å². The highest BCUT2D eigenvalue weighted by Gasteiger charge is 2.11. The monoisotopic (exact) mass is 334 g/mol. The molecule has 0 spiro atoms. The Labute approximate surface area is 145 Å². The Morgan fingerprint density at radius 1 is 1.04 bits per heavy atom. The molecule has 3 aromatic rings. The van der Waals surface area contributed by atoms with E-state index < -0.39 is 0 Å². The van der Waals surface area contributed by atoms with E-state index in [9.17, 15) is 4.79 Å². The number of nitrogens with zero attached hydrogens (tertiary/aromatic N) is 2. The van der Waals surface area contributed by atoms with E-state index in [0.717, 1.165) is 5.56 Å². The van der Waals surface area contributed by atoms with Gasteiger partial charge >= 0.3 is 0 Å². The number of benzene rings is 2. The van der Waals surface area contributed by atoms with Gasteiger partial charge in [-0.2, -0.15) is 0 Å². The van der Waals surface area contributed by atoms with Crippen LogP contribution in [0.1, 0.15) is 16.1 Å². The lowest BCUT2D eigenvalue weighted by Gasteiger charge is -2.10. The molecule has 1 heterocycles. The summed E-state index contributed by atoms with van der Waals surface area (Å²) in [7, 11) is 1.56. The van der Waals surface area contributed by atoms with E-state index in [1.807, 2.05) is 42.5 Å². The summed E-state index contributed by atoms with van der Waals surface area (Å²) < 4.78 is 5.23. The zero-order valence-corrected chi connectivity index (χ0v) is 13.8. The molecule has 6 nitrogen and oxygen atoms in total. The number of amides is 1. The lowest BCUT2D eigenvalue weighted by Crippen LogP contribution is -2.15. The van der Waals surface area contributed by atoms with Crippen LogP contribution in [0.3, 0.4) is 0 Å². The molecule has 0 aliphatic carbocycles. The Balaban J connectivity index is 1.69. The highest BCUT2D eigenvalue weighted by atomic mass is 16.5. The Kier molecular flexibility index (Phi) is 5.21. The number of para-hydroxylation sites is 2. The summed E-state index contributed by atoms with van der Waals surface area (Å²) in [6.07, 6.45) is 1.55. The fraction of sp³-hybridized carbons (Fsp3) is 0.105. The number of ether oxygens (including phenoxy) is 1. The number of rotatable bonds is 6. The maximum Gasteiger partial charge on any atom is 0.274 e. The van der Waals surface area contributed by atoms with Gasteiger partial charge in [0.2, 0.25) is 5.95 Å². The first kappa shape index (κ1) is 16.4. The average molecular weight is 334 g/mol. The topological polar surface area (TPSA) is 76.1 Å². The van der Waals surface area contributed by atoms with Crippen molar-refractivity contribution in [2.45, 2.75) is 6.54 Å². The van der Waals surface area contributed by atoms with Crippen LogP contribution in [0.2, 0.25) is 0 Å². The van der Waals surface area contributed by atoms with E-state index in [2.05, 4.69) is 20.6 Å². The third kappa shape index (κ3) is 4.32. The zero-order chi connectivity index (χ0) is 17.5. The van der Waals surface area contributed by atoms with Crippen LogP contribution in [0.5, 0.6) is 5.75 Å². The largest absolute Gasteiger partial charge is 0.495 e. The Morgan fingerprint density at radius 2 is 1.80 bits per heavy atom. The molecular weight excluding hydrogens is 316 g/mol. The van der Waals surface area contributed by atoms with Gasteiger partial charge in [-0.3, -0.25) is 4.79 Å². The third-order valence-electron chi connectivity index (χ3n) is 3.54. The van der Waals surface area contributed by atoms with Crippen molar-refractivity contribution in [3.8, 4) is 5.75 Å². The van der Waals surface area contributed by atoms with Crippen LogP contribution in [-0.4, -0.2) is 23.0 Å².